The highest BCUT2D eigenvalue weighted by Gasteiger charge is 2.23. The molecule has 0 aliphatic rings. The van der Waals surface area contributed by atoms with Crippen molar-refractivity contribution in [2.45, 2.75) is 31.2 Å². The second-order valence-corrected chi connectivity index (χ2v) is 6.36. The highest BCUT2D eigenvalue weighted by molar-refractivity contribution is 7.89. The molecule has 1 aromatic carbocycles. The van der Waals surface area contributed by atoms with Crippen LogP contribution in [0.3, 0.4) is 0 Å². The first-order valence-electron chi connectivity index (χ1n) is 5.02. The molecule has 0 spiro atoms. The summed E-state index contributed by atoms with van der Waals surface area (Å²) in [7, 11) is -2.39. The maximum atomic E-state index is 13.2. The van der Waals surface area contributed by atoms with E-state index in [4.69, 9.17) is 4.74 Å². The standard InChI is InChI=1S/C11H16FNO3S/c1-11(2,3)13-17(14,15)10-6-8(12)5-9(7-10)16-4/h5-7,13H,1-4H3. The molecular weight excluding hydrogens is 245 g/mol. The first kappa shape index (κ1) is 13.9. The van der Waals surface area contributed by atoms with Crippen LogP contribution in [-0.4, -0.2) is 21.1 Å². The van der Waals surface area contributed by atoms with Crippen LogP contribution < -0.4 is 9.46 Å². The van der Waals surface area contributed by atoms with Crippen LogP contribution >= 0.6 is 0 Å². The summed E-state index contributed by atoms with van der Waals surface area (Å²) in [6.07, 6.45) is 0. The molecule has 0 aliphatic heterocycles. The van der Waals surface area contributed by atoms with Gasteiger partial charge in [-0.25, -0.2) is 17.5 Å². The molecule has 0 amide bonds. The summed E-state index contributed by atoms with van der Waals surface area (Å²) in [5.74, 6) is -0.488. The van der Waals surface area contributed by atoms with Gasteiger partial charge in [-0.05, 0) is 26.8 Å². The van der Waals surface area contributed by atoms with Crippen LogP contribution in [0.25, 0.3) is 0 Å². The number of hydrogen-bond donors (Lipinski definition) is 1. The Kier molecular flexibility index (Phi) is 3.78. The van der Waals surface area contributed by atoms with E-state index in [2.05, 4.69) is 4.72 Å². The van der Waals surface area contributed by atoms with Crippen molar-refractivity contribution in [1.82, 2.24) is 4.72 Å². The number of hydrogen-bond acceptors (Lipinski definition) is 3. The minimum atomic E-state index is -3.74. The average Bonchev–Trinajstić information content (AvgIpc) is 2.13. The van der Waals surface area contributed by atoms with Crippen LogP contribution in [0.4, 0.5) is 4.39 Å². The molecule has 17 heavy (non-hydrogen) atoms. The Labute approximate surface area is 101 Å². The fourth-order valence-corrected chi connectivity index (χ4v) is 2.74. The molecule has 0 saturated heterocycles. The molecule has 96 valence electrons. The maximum absolute atomic E-state index is 13.2. The number of rotatable bonds is 3. The number of sulfonamides is 1. The van der Waals surface area contributed by atoms with E-state index in [9.17, 15) is 12.8 Å². The Balaban J connectivity index is 3.20. The zero-order valence-corrected chi connectivity index (χ0v) is 11.1. The van der Waals surface area contributed by atoms with E-state index in [1.54, 1.807) is 20.8 Å². The van der Waals surface area contributed by atoms with Gasteiger partial charge in [-0.3, -0.25) is 0 Å². The number of ether oxygens (including phenoxy) is 1. The largest absolute Gasteiger partial charge is 0.497 e. The lowest BCUT2D eigenvalue weighted by Gasteiger charge is -2.20. The van der Waals surface area contributed by atoms with Gasteiger partial charge in [-0.15, -0.1) is 0 Å². The summed E-state index contributed by atoms with van der Waals surface area (Å²) in [5.41, 5.74) is -0.627. The van der Waals surface area contributed by atoms with Gasteiger partial charge in [0.15, 0.2) is 0 Å². The molecule has 0 bridgehead atoms. The molecule has 0 aliphatic carbocycles. The second kappa shape index (κ2) is 4.62. The molecule has 0 fully saturated rings. The van der Waals surface area contributed by atoms with Gasteiger partial charge in [-0.2, -0.15) is 0 Å². The third-order valence-corrected chi connectivity index (χ3v) is 3.57. The molecule has 1 aromatic rings. The lowest BCUT2D eigenvalue weighted by Crippen LogP contribution is -2.40. The highest BCUT2D eigenvalue weighted by Crippen LogP contribution is 2.20. The Hall–Kier alpha value is -1.14. The van der Waals surface area contributed by atoms with Gasteiger partial charge in [0.1, 0.15) is 11.6 Å². The van der Waals surface area contributed by atoms with Gasteiger partial charge >= 0.3 is 0 Å². The van der Waals surface area contributed by atoms with Crippen molar-refractivity contribution in [2.75, 3.05) is 7.11 Å². The molecule has 0 radical (unpaired) electrons. The summed E-state index contributed by atoms with van der Waals surface area (Å²) in [6.45, 7) is 5.13. The zero-order valence-electron chi connectivity index (χ0n) is 10.2. The molecule has 0 heterocycles. The molecular formula is C11H16FNO3S. The number of benzene rings is 1. The number of nitrogens with one attached hydrogen (secondary N) is 1. The van der Waals surface area contributed by atoms with E-state index in [1.165, 1.54) is 13.2 Å². The normalized spacial score (nSPS) is 12.5. The molecule has 0 saturated carbocycles. The molecule has 4 nitrogen and oxygen atoms in total. The highest BCUT2D eigenvalue weighted by atomic mass is 32.2. The van der Waals surface area contributed by atoms with Gasteiger partial charge in [0.2, 0.25) is 10.0 Å². The minimum absolute atomic E-state index is 0.149. The van der Waals surface area contributed by atoms with Crippen molar-refractivity contribution in [3.63, 3.8) is 0 Å². The van der Waals surface area contributed by atoms with Gasteiger partial charge in [0, 0.05) is 17.7 Å². The fourth-order valence-electron chi connectivity index (χ4n) is 1.27. The molecule has 1 N–H and O–H groups in total. The van der Waals surface area contributed by atoms with Crippen LogP contribution in [0, 0.1) is 5.82 Å². The van der Waals surface area contributed by atoms with E-state index in [0.29, 0.717) is 0 Å². The lowest BCUT2D eigenvalue weighted by molar-refractivity contribution is 0.409. The Morgan fingerprint density at radius 1 is 1.24 bits per heavy atom. The van der Waals surface area contributed by atoms with E-state index in [0.717, 1.165) is 12.1 Å². The van der Waals surface area contributed by atoms with Crippen molar-refractivity contribution in [3.05, 3.63) is 24.0 Å². The predicted molar refractivity (Wildman–Crippen MR) is 63.0 cm³/mol. The summed E-state index contributed by atoms with van der Waals surface area (Å²) in [5, 5.41) is 0. The van der Waals surface area contributed by atoms with Crippen LogP contribution in [0.15, 0.2) is 23.1 Å². The third kappa shape index (κ3) is 3.98. The molecule has 1 rings (SSSR count). The van der Waals surface area contributed by atoms with Gasteiger partial charge in [0.25, 0.3) is 0 Å². The smallest absolute Gasteiger partial charge is 0.241 e. The third-order valence-electron chi connectivity index (χ3n) is 1.83. The Morgan fingerprint density at radius 3 is 2.29 bits per heavy atom. The van der Waals surface area contributed by atoms with Gasteiger partial charge < -0.3 is 4.74 Å². The predicted octanol–water partition coefficient (Wildman–Crippen LogP) is 1.91. The Bertz CT molecular complexity index is 506. The van der Waals surface area contributed by atoms with Crippen LogP contribution in [0.1, 0.15) is 20.8 Å². The minimum Gasteiger partial charge on any atom is -0.497 e. The topological polar surface area (TPSA) is 55.4 Å². The summed E-state index contributed by atoms with van der Waals surface area (Å²) in [6, 6.07) is 3.35. The zero-order chi connectivity index (χ0) is 13.3. The maximum Gasteiger partial charge on any atom is 0.241 e. The second-order valence-electron chi connectivity index (χ2n) is 4.68. The summed E-state index contributed by atoms with van der Waals surface area (Å²) in [4.78, 5) is -0.149. The number of methoxy groups -OCH3 is 1. The Morgan fingerprint density at radius 2 is 1.82 bits per heavy atom. The van der Waals surface area contributed by atoms with Crippen molar-refractivity contribution in [3.8, 4) is 5.75 Å². The van der Waals surface area contributed by atoms with Gasteiger partial charge in [-0.1, -0.05) is 0 Å². The first-order chi connectivity index (χ1) is 7.64. The van der Waals surface area contributed by atoms with Crippen molar-refractivity contribution < 1.29 is 17.5 Å². The van der Waals surface area contributed by atoms with E-state index in [1.807, 2.05) is 0 Å². The SMILES string of the molecule is COc1cc(F)cc(S(=O)(=O)NC(C)(C)C)c1. The summed E-state index contributed by atoms with van der Waals surface area (Å²) >= 11 is 0. The molecule has 0 aromatic heterocycles. The first-order valence-corrected chi connectivity index (χ1v) is 6.51. The number of halogens is 1. The quantitative estimate of drug-likeness (QED) is 0.904. The lowest BCUT2D eigenvalue weighted by atomic mass is 10.1. The van der Waals surface area contributed by atoms with Crippen LogP contribution in [0.5, 0.6) is 5.75 Å². The van der Waals surface area contributed by atoms with E-state index >= 15 is 0 Å². The van der Waals surface area contributed by atoms with E-state index in [-0.39, 0.29) is 10.6 Å². The van der Waals surface area contributed by atoms with Crippen molar-refractivity contribution in [2.24, 2.45) is 0 Å². The van der Waals surface area contributed by atoms with Crippen molar-refractivity contribution >= 4 is 10.0 Å². The fraction of sp³-hybridized carbons (Fsp3) is 0.455. The molecule has 0 unspecified atom stereocenters. The average molecular weight is 261 g/mol. The van der Waals surface area contributed by atoms with E-state index < -0.39 is 21.4 Å². The van der Waals surface area contributed by atoms with Crippen LogP contribution in [0.2, 0.25) is 0 Å². The van der Waals surface area contributed by atoms with Gasteiger partial charge in [0.05, 0.1) is 12.0 Å². The van der Waals surface area contributed by atoms with Crippen LogP contribution in [-0.2, 0) is 10.0 Å². The molecule has 0 atom stereocenters. The van der Waals surface area contributed by atoms with Crippen molar-refractivity contribution in [1.29, 1.82) is 0 Å². The monoisotopic (exact) mass is 261 g/mol. The molecule has 6 heteroatoms. The summed E-state index contributed by atoms with van der Waals surface area (Å²) < 4.78 is 44.3.